The highest BCUT2D eigenvalue weighted by molar-refractivity contribution is 5.94. The second kappa shape index (κ2) is 6.96. The van der Waals surface area contributed by atoms with Crippen molar-refractivity contribution < 1.29 is 18.0 Å². The first-order valence-electron chi connectivity index (χ1n) is 9.26. The molecule has 1 unspecified atom stereocenters. The molecule has 0 N–H and O–H groups in total. The number of imidazole rings is 1. The summed E-state index contributed by atoms with van der Waals surface area (Å²) >= 11 is 0. The summed E-state index contributed by atoms with van der Waals surface area (Å²) < 4.78 is 40.4. The Bertz CT molecular complexity index is 1010. The summed E-state index contributed by atoms with van der Waals surface area (Å²) in [5.41, 5.74) is 1.37. The highest BCUT2D eigenvalue weighted by atomic mass is 19.4. The van der Waals surface area contributed by atoms with Gasteiger partial charge < -0.3 is 9.47 Å². The van der Waals surface area contributed by atoms with Crippen LogP contribution in [0, 0.1) is 0 Å². The number of amides is 1. The van der Waals surface area contributed by atoms with E-state index in [0.29, 0.717) is 6.54 Å². The van der Waals surface area contributed by atoms with Crippen molar-refractivity contribution in [1.29, 1.82) is 0 Å². The van der Waals surface area contributed by atoms with Crippen LogP contribution in [0.1, 0.15) is 47.1 Å². The van der Waals surface area contributed by atoms with Gasteiger partial charge in [-0.1, -0.05) is 12.1 Å². The summed E-state index contributed by atoms with van der Waals surface area (Å²) in [6.07, 6.45) is -1.79. The molecule has 0 radical (unpaired) electrons. The van der Waals surface area contributed by atoms with Crippen molar-refractivity contribution in [1.82, 2.24) is 14.5 Å². The van der Waals surface area contributed by atoms with Gasteiger partial charge in [-0.25, -0.2) is 4.98 Å². The van der Waals surface area contributed by atoms with Gasteiger partial charge in [0.05, 0.1) is 22.6 Å². The Labute approximate surface area is 160 Å². The third-order valence-corrected chi connectivity index (χ3v) is 5.34. The third kappa shape index (κ3) is 3.25. The number of para-hydroxylation sites is 2. The zero-order chi connectivity index (χ0) is 19.9. The molecule has 1 amide bonds. The summed E-state index contributed by atoms with van der Waals surface area (Å²) in [6.45, 7) is 0.563. The number of fused-ring (bicyclic) bond motifs is 1. The van der Waals surface area contributed by atoms with E-state index in [1.54, 1.807) is 4.90 Å². The lowest BCUT2D eigenvalue weighted by Crippen LogP contribution is -2.39. The average molecular weight is 387 g/mol. The minimum atomic E-state index is -4.41. The van der Waals surface area contributed by atoms with E-state index in [1.807, 2.05) is 35.9 Å². The topological polar surface area (TPSA) is 38.1 Å². The molecule has 1 aliphatic rings. The van der Waals surface area contributed by atoms with Gasteiger partial charge in [-0.05, 0) is 55.7 Å². The Morgan fingerprint density at radius 2 is 1.79 bits per heavy atom. The Balaban J connectivity index is 1.66. The van der Waals surface area contributed by atoms with E-state index in [2.05, 4.69) is 0 Å². The number of hydrogen-bond donors (Lipinski definition) is 0. The predicted molar refractivity (Wildman–Crippen MR) is 99.8 cm³/mol. The molecule has 0 saturated carbocycles. The fourth-order valence-electron chi connectivity index (χ4n) is 3.87. The first-order chi connectivity index (χ1) is 13.4. The first kappa shape index (κ1) is 18.5. The molecule has 0 bridgehead atoms. The van der Waals surface area contributed by atoms with Crippen LogP contribution in [0.5, 0.6) is 0 Å². The van der Waals surface area contributed by atoms with Crippen LogP contribution in [0.15, 0.2) is 48.5 Å². The molecule has 0 spiro atoms. The lowest BCUT2D eigenvalue weighted by molar-refractivity contribution is -0.137. The first-order valence-corrected chi connectivity index (χ1v) is 9.26. The van der Waals surface area contributed by atoms with Crippen molar-refractivity contribution >= 4 is 16.9 Å². The summed E-state index contributed by atoms with van der Waals surface area (Å²) in [7, 11) is 1.93. The molecule has 1 fully saturated rings. The molecular weight excluding hydrogens is 367 g/mol. The number of nitrogens with zero attached hydrogens (tertiary/aromatic N) is 3. The van der Waals surface area contributed by atoms with Crippen LogP contribution in [0.3, 0.4) is 0 Å². The van der Waals surface area contributed by atoms with E-state index in [0.717, 1.165) is 48.3 Å². The van der Waals surface area contributed by atoms with Crippen molar-refractivity contribution in [2.24, 2.45) is 7.05 Å². The SMILES string of the molecule is Cn1c(C2CCCCN2C(=O)c2ccc(C(F)(F)F)cc2)nc2ccccc21. The van der Waals surface area contributed by atoms with Gasteiger partial charge in [0.25, 0.3) is 5.91 Å². The maximum Gasteiger partial charge on any atom is 0.416 e. The zero-order valence-electron chi connectivity index (χ0n) is 15.4. The summed E-state index contributed by atoms with van der Waals surface area (Å²) in [6, 6.07) is 12.0. The number of halogens is 3. The highest BCUT2D eigenvalue weighted by Crippen LogP contribution is 2.34. The van der Waals surface area contributed by atoms with E-state index >= 15 is 0 Å². The van der Waals surface area contributed by atoms with Crippen molar-refractivity contribution in [2.45, 2.75) is 31.5 Å². The van der Waals surface area contributed by atoms with E-state index in [-0.39, 0.29) is 17.5 Å². The molecule has 2 aromatic carbocycles. The number of carbonyl (C=O) groups is 1. The number of likely N-dealkylation sites (tertiary alicyclic amines) is 1. The third-order valence-electron chi connectivity index (χ3n) is 5.34. The molecule has 4 rings (SSSR count). The van der Waals surface area contributed by atoms with Crippen LogP contribution >= 0.6 is 0 Å². The number of alkyl halides is 3. The van der Waals surface area contributed by atoms with Crippen molar-refractivity contribution in [3.8, 4) is 0 Å². The van der Waals surface area contributed by atoms with Gasteiger partial charge in [-0.15, -0.1) is 0 Å². The maximum absolute atomic E-state index is 13.1. The second-order valence-electron chi connectivity index (χ2n) is 7.10. The van der Waals surface area contributed by atoms with Gasteiger partial charge in [-0.3, -0.25) is 4.79 Å². The minimum Gasteiger partial charge on any atom is -0.329 e. The minimum absolute atomic E-state index is 0.194. The van der Waals surface area contributed by atoms with Crippen LogP contribution in [0.4, 0.5) is 13.2 Å². The number of aryl methyl sites for hydroxylation is 1. The highest BCUT2D eigenvalue weighted by Gasteiger charge is 2.33. The summed E-state index contributed by atoms with van der Waals surface area (Å²) in [5, 5.41) is 0. The molecule has 1 aromatic heterocycles. The molecule has 28 heavy (non-hydrogen) atoms. The number of hydrogen-bond acceptors (Lipinski definition) is 2. The van der Waals surface area contributed by atoms with Gasteiger partial charge in [-0.2, -0.15) is 13.2 Å². The molecule has 1 atom stereocenters. The molecule has 146 valence electrons. The molecule has 0 aliphatic carbocycles. The fraction of sp³-hybridized carbons (Fsp3) is 0.333. The zero-order valence-corrected chi connectivity index (χ0v) is 15.4. The molecule has 3 aromatic rings. The van der Waals surface area contributed by atoms with E-state index in [9.17, 15) is 18.0 Å². The Kier molecular flexibility index (Phi) is 4.61. The Morgan fingerprint density at radius 1 is 1.07 bits per heavy atom. The van der Waals surface area contributed by atoms with E-state index < -0.39 is 11.7 Å². The van der Waals surface area contributed by atoms with Crippen LogP contribution < -0.4 is 0 Å². The molecular formula is C21H20F3N3O. The van der Waals surface area contributed by atoms with Crippen molar-refractivity contribution in [2.75, 3.05) is 6.54 Å². The number of aromatic nitrogens is 2. The maximum atomic E-state index is 13.1. The van der Waals surface area contributed by atoms with Gasteiger partial charge in [0.15, 0.2) is 0 Å². The predicted octanol–water partition coefficient (Wildman–Crippen LogP) is 4.96. The van der Waals surface area contributed by atoms with E-state index in [1.165, 1.54) is 12.1 Å². The van der Waals surface area contributed by atoms with Gasteiger partial charge in [0.2, 0.25) is 0 Å². The smallest absolute Gasteiger partial charge is 0.329 e. The molecule has 7 heteroatoms. The fourth-order valence-corrected chi connectivity index (χ4v) is 3.87. The summed E-state index contributed by atoms with van der Waals surface area (Å²) in [4.78, 5) is 19.6. The van der Waals surface area contributed by atoms with Crippen LogP contribution in [0.2, 0.25) is 0 Å². The lowest BCUT2D eigenvalue weighted by atomic mass is 9.99. The van der Waals surface area contributed by atoms with Crippen LogP contribution in [0.25, 0.3) is 11.0 Å². The van der Waals surface area contributed by atoms with Gasteiger partial charge in [0.1, 0.15) is 5.82 Å². The second-order valence-corrected chi connectivity index (χ2v) is 7.10. The lowest BCUT2D eigenvalue weighted by Gasteiger charge is -2.35. The molecule has 4 nitrogen and oxygen atoms in total. The molecule has 2 heterocycles. The molecule has 1 aliphatic heterocycles. The van der Waals surface area contributed by atoms with E-state index in [4.69, 9.17) is 4.98 Å². The standard InChI is InChI=1S/C21H20F3N3O/c1-26-17-7-3-2-6-16(17)25-19(26)18-8-4-5-13-27(18)20(28)14-9-11-15(12-10-14)21(22,23)24/h2-3,6-7,9-12,18H,4-5,8,13H2,1H3. The largest absolute Gasteiger partial charge is 0.416 e. The van der Waals surface area contributed by atoms with Gasteiger partial charge >= 0.3 is 6.18 Å². The van der Waals surface area contributed by atoms with Crippen molar-refractivity contribution in [3.63, 3.8) is 0 Å². The molecule has 1 saturated heterocycles. The van der Waals surface area contributed by atoms with Crippen LogP contribution in [-0.4, -0.2) is 26.9 Å². The number of rotatable bonds is 2. The van der Waals surface area contributed by atoms with Gasteiger partial charge in [0, 0.05) is 19.2 Å². The number of benzene rings is 2. The number of carbonyl (C=O) groups excluding carboxylic acids is 1. The normalized spacial score (nSPS) is 17.9. The average Bonchev–Trinajstić information content (AvgIpc) is 3.04. The quantitative estimate of drug-likeness (QED) is 0.623. The monoisotopic (exact) mass is 387 g/mol. The Morgan fingerprint density at radius 3 is 2.46 bits per heavy atom. The Hall–Kier alpha value is -2.83. The van der Waals surface area contributed by atoms with Crippen molar-refractivity contribution in [3.05, 3.63) is 65.5 Å². The number of piperidine rings is 1. The summed E-state index contributed by atoms with van der Waals surface area (Å²) in [5.74, 6) is 0.548. The van der Waals surface area contributed by atoms with Crippen LogP contribution in [-0.2, 0) is 13.2 Å².